The number of carbonyl (C=O) groups is 2. The highest BCUT2D eigenvalue weighted by molar-refractivity contribution is 6.34. The quantitative estimate of drug-likeness (QED) is 0.304. The average molecular weight is 540 g/mol. The zero-order valence-electron chi connectivity index (χ0n) is 18.5. The van der Waals surface area contributed by atoms with Crippen molar-refractivity contribution in [3.8, 4) is 0 Å². The first-order chi connectivity index (χ1) is 16.7. The van der Waals surface area contributed by atoms with Gasteiger partial charge in [0.05, 0.1) is 33.8 Å². The molecule has 3 aromatic rings. The number of alkyl halides is 6. The molecule has 1 atom stereocenters. The summed E-state index contributed by atoms with van der Waals surface area (Å²) < 4.78 is 100. The largest absolute Gasteiger partial charge is 0.462 e. The van der Waals surface area contributed by atoms with Crippen molar-refractivity contribution in [1.82, 2.24) is 14.9 Å². The van der Waals surface area contributed by atoms with Crippen LogP contribution in [-0.2, 0) is 17.5 Å². The summed E-state index contributed by atoms with van der Waals surface area (Å²) in [5.74, 6) is -4.44. The summed E-state index contributed by atoms with van der Waals surface area (Å²) in [6.07, 6.45) is -10.5. The van der Waals surface area contributed by atoms with Gasteiger partial charge in [0.25, 0.3) is 5.91 Å². The second kappa shape index (κ2) is 9.96. The van der Waals surface area contributed by atoms with Crippen molar-refractivity contribution in [1.29, 1.82) is 0 Å². The maximum absolute atomic E-state index is 13.8. The van der Waals surface area contributed by atoms with Crippen LogP contribution in [0.1, 0.15) is 52.0 Å². The molecule has 1 amide bonds. The van der Waals surface area contributed by atoms with Crippen molar-refractivity contribution < 1.29 is 45.1 Å². The molecule has 14 heteroatoms. The Labute approximate surface area is 204 Å². The Morgan fingerprint density at radius 3 is 2.33 bits per heavy atom. The molecule has 36 heavy (non-hydrogen) atoms. The van der Waals surface area contributed by atoms with E-state index >= 15 is 0 Å². The van der Waals surface area contributed by atoms with Crippen LogP contribution in [-0.4, -0.2) is 34.2 Å². The third-order valence-corrected chi connectivity index (χ3v) is 5.40. The second-order valence-electron chi connectivity index (χ2n) is 7.41. The third-order valence-electron chi connectivity index (χ3n) is 5.08. The van der Waals surface area contributed by atoms with Crippen LogP contribution in [0.4, 0.5) is 30.7 Å². The number of rotatable bonds is 6. The van der Waals surface area contributed by atoms with Gasteiger partial charge in [0, 0.05) is 6.54 Å². The number of benzene rings is 2. The van der Waals surface area contributed by atoms with E-state index in [1.165, 1.54) is 16.7 Å². The van der Waals surface area contributed by atoms with Gasteiger partial charge < -0.3 is 14.6 Å². The molecule has 3 rings (SSSR count). The minimum absolute atomic E-state index is 0.0119. The van der Waals surface area contributed by atoms with Crippen molar-refractivity contribution in [3.05, 3.63) is 63.7 Å². The smallest absolute Gasteiger partial charge is 0.419 e. The Bertz CT molecular complexity index is 1320. The molecule has 1 N–H and O–H groups in total. The number of amides is 1. The Morgan fingerprint density at radius 1 is 1.11 bits per heavy atom. The summed E-state index contributed by atoms with van der Waals surface area (Å²) in [5, 5.41) is 1.58. The van der Waals surface area contributed by atoms with E-state index in [9.17, 15) is 40.3 Å². The van der Waals surface area contributed by atoms with Gasteiger partial charge in [-0.3, -0.25) is 4.79 Å². The standard InChI is InChI=1S/C22H17ClF7N3O3/c1-3-33-16-9-13(23)11(20(35)36-4-2)8-15(16)31-18(33)19(34)32-17(22(28,29)30)10-5-6-14(24)12(7-10)21(25,26)27/h5-9,17H,3-4H2,1-2H3,(H,32,34). The number of aryl methyl sites for hydroxylation is 1. The van der Waals surface area contributed by atoms with E-state index in [4.69, 9.17) is 16.3 Å². The molecule has 0 aliphatic carbocycles. The van der Waals surface area contributed by atoms with Crippen molar-refractivity contribution in [2.75, 3.05) is 6.61 Å². The number of fused-ring (bicyclic) bond motifs is 1. The lowest BCUT2D eigenvalue weighted by molar-refractivity contribution is -0.156. The number of halogens is 8. The fraction of sp³-hybridized carbons (Fsp3) is 0.318. The lowest BCUT2D eigenvalue weighted by Gasteiger charge is -2.23. The van der Waals surface area contributed by atoms with Crippen molar-refractivity contribution >= 4 is 34.5 Å². The Hall–Kier alpha value is -3.35. The molecule has 1 aromatic heterocycles. The highest BCUT2D eigenvalue weighted by atomic mass is 35.5. The van der Waals surface area contributed by atoms with Crippen molar-refractivity contribution in [2.24, 2.45) is 0 Å². The van der Waals surface area contributed by atoms with Crippen LogP contribution < -0.4 is 5.32 Å². The van der Waals surface area contributed by atoms with Gasteiger partial charge in [0.15, 0.2) is 11.9 Å². The lowest BCUT2D eigenvalue weighted by Crippen LogP contribution is -2.39. The average Bonchev–Trinajstić information content (AvgIpc) is 3.13. The number of ether oxygens (including phenoxy) is 1. The number of nitrogens with one attached hydrogen (secondary N) is 1. The first kappa shape index (κ1) is 27.2. The Kier molecular flexibility index (Phi) is 7.53. The number of aromatic nitrogens is 2. The molecule has 194 valence electrons. The summed E-state index contributed by atoms with van der Waals surface area (Å²) >= 11 is 6.13. The lowest BCUT2D eigenvalue weighted by atomic mass is 10.0. The summed E-state index contributed by atoms with van der Waals surface area (Å²) in [6, 6.07) is 0.306. The van der Waals surface area contributed by atoms with Crippen LogP contribution in [0.5, 0.6) is 0 Å². The number of esters is 1. The van der Waals surface area contributed by atoms with Gasteiger partial charge in [-0.25, -0.2) is 14.2 Å². The topological polar surface area (TPSA) is 73.2 Å². The monoisotopic (exact) mass is 539 g/mol. The summed E-state index contributed by atoms with van der Waals surface area (Å²) in [5.41, 5.74) is -2.77. The summed E-state index contributed by atoms with van der Waals surface area (Å²) in [4.78, 5) is 29.0. The molecule has 1 heterocycles. The highest BCUT2D eigenvalue weighted by Crippen LogP contribution is 2.38. The van der Waals surface area contributed by atoms with E-state index in [2.05, 4.69) is 4.98 Å². The molecule has 0 radical (unpaired) electrons. The highest BCUT2D eigenvalue weighted by Gasteiger charge is 2.44. The molecule has 6 nitrogen and oxygen atoms in total. The number of hydrogen-bond acceptors (Lipinski definition) is 4. The fourth-order valence-electron chi connectivity index (χ4n) is 3.49. The molecular formula is C22H17ClF7N3O3. The van der Waals surface area contributed by atoms with Crippen LogP contribution in [0, 0.1) is 5.82 Å². The van der Waals surface area contributed by atoms with Crippen molar-refractivity contribution in [2.45, 2.75) is 38.8 Å². The van der Waals surface area contributed by atoms with Crippen LogP contribution in [0.3, 0.4) is 0 Å². The third kappa shape index (κ3) is 5.40. The summed E-state index contributed by atoms with van der Waals surface area (Å²) in [6.45, 7) is 3.21. The SMILES string of the molecule is CCOC(=O)c1cc2nc(C(=O)NC(c3ccc(F)c(C(F)(F)F)c3)C(F)(F)F)n(CC)c2cc1Cl. The van der Waals surface area contributed by atoms with Crippen molar-refractivity contribution in [3.63, 3.8) is 0 Å². The molecule has 0 spiro atoms. The van der Waals surface area contributed by atoms with Gasteiger partial charge in [-0.1, -0.05) is 17.7 Å². The number of carbonyl (C=O) groups excluding carboxylic acids is 2. The van der Waals surface area contributed by atoms with E-state index in [0.29, 0.717) is 6.07 Å². The summed E-state index contributed by atoms with van der Waals surface area (Å²) in [7, 11) is 0. The minimum Gasteiger partial charge on any atom is -0.462 e. The normalized spacial score (nSPS) is 13.1. The van der Waals surface area contributed by atoms with E-state index in [1.54, 1.807) is 19.2 Å². The predicted octanol–water partition coefficient (Wildman–Crippen LogP) is 6.08. The zero-order chi connectivity index (χ0) is 27.0. The fourth-order valence-corrected chi connectivity index (χ4v) is 3.73. The molecule has 0 aliphatic heterocycles. The molecule has 0 aliphatic rings. The molecule has 1 unspecified atom stereocenters. The van der Waals surface area contributed by atoms with E-state index in [0.717, 1.165) is 0 Å². The molecule has 0 fully saturated rings. The minimum atomic E-state index is -5.26. The van der Waals surface area contributed by atoms with Crippen LogP contribution in [0.25, 0.3) is 11.0 Å². The predicted molar refractivity (Wildman–Crippen MR) is 114 cm³/mol. The molecule has 2 aromatic carbocycles. The Morgan fingerprint density at radius 2 is 1.78 bits per heavy atom. The molecule has 0 saturated carbocycles. The van der Waals surface area contributed by atoms with Crippen LogP contribution in [0.2, 0.25) is 5.02 Å². The molecular weight excluding hydrogens is 523 g/mol. The van der Waals surface area contributed by atoms with Gasteiger partial charge in [0.1, 0.15) is 5.82 Å². The van der Waals surface area contributed by atoms with E-state index in [1.807, 2.05) is 0 Å². The number of hydrogen-bond donors (Lipinski definition) is 1. The number of nitrogens with zero attached hydrogens (tertiary/aromatic N) is 2. The van der Waals surface area contributed by atoms with Crippen LogP contribution in [0.15, 0.2) is 30.3 Å². The first-order valence-electron chi connectivity index (χ1n) is 10.3. The van der Waals surface area contributed by atoms with Gasteiger partial charge in [-0.15, -0.1) is 0 Å². The molecule has 0 saturated heterocycles. The van der Waals surface area contributed by atoms with Gasteiger partial charge >= 0.3 is 18.3 Å². The molecule has 0 bridgehead atoms. The van der Waals surface area contributed by atoms with E-state index < -0.39 is 53.0 Å². The maximum atomic E-state index is 13.8. The first-order valence-corrected chi connectivity index (χ1v) is 10.7. The Balaban J connectivity index is 2.06. The van der Waals surface area contributed by atoms with Crippen LogP contribution >= 0.6 is 11.6 Å². The maximum Gasteiger partial charge on any atom is 0.419 e. The zero-order valence-corrected chi connectivity index (χ0v) is 19.3. The van der Waals surface area contributed by atoms with Gasteiger partial charge in [-0.05, 0) is 43.7 Å². The second-order valence-corrected chi connectivity index (χ2v) is 7.81. The number of imidazole rings is 1. The van der Waals surface area contributed by atoms with Gasteiger partial charge in [-0.2, -0.15) is 26.3 Å². The van der Waals surface area contributed by atoms with E-state index in [-0.39, 0.29) is 46.9 Å². The van der Waals surface area contributed by atoms with Gasteiger partial charge in [0.2, 0.25) is 0 Å².